The van der Waals surface area contributed by atoms with Gasteiger partial charge in [-0.2, -0.15) is 0 Å². The molecule has 2 heterocycles. The maximum Gasteiger partial charge on any atom is 0.292 e. The number of hydrogen-bond acceptors (Lipinski definition) is 5. The number of ether oxygens (including phenoxy) is 1. The van der Waals surface area contributed by atoms with Crippen molar-refractivity contribution in [2.45, 2.75) is 25.3 Å². The maximum atomic E-state index is 12.2. The molecule has 1 fully saturated rings. The molecular weight excluding hydrogens is 286 g/mol. The second kappa shape index (κ2) is 4.72. The monoisotopic (exact) mass is 301 g/mol. The zero-order chi connectivity index (χ0) is 15.3. The van der Waals surface area contributed by atoms with Gasteiger partial charge in [0.05, 0.1) is 22.7 Å². The highest BCUT2D eigenvalue weighted by Gasteiger charge is 2.34. The van der Waals surface area contributed by atoms with Gasteiger partial charge in [0.2, 0.25) is 5.75 Å². The number of non-ortho nitro benzene ring substituents is 1. The fourth-order valence-electron chi connectivity index (χ4n) is 3.06. The molecule has 2 aliphatic rings. The van der Waals surface area contributed by atoms with Crippen molar-refractivity contribution < 1.29 is 9.66 Å². The number of anilines is 1. The summed E-state index contributed by atoms with van der Waals surface area (Å²) in [4.78, 5) is 25.5. The number of fused-ring (bicyclic) bond motifs is 3. The molecule has 114 valence electrons. The lowest BCUT2D eigenvalue weighted by atomic mass is 10.1. The normalized spacial score (nSPS) is 20.6. The van der Waals surface area contributed by atoms with E-state index in [4.69, 9.17) is 4.74 Å². The van der Waals surface area contributed by atoms with E-state index in [0.29, 0.717) is 29.1 Å². The van der Waals surface area contributed by atoms with Crippen LogP contribution < -0.4 is 15.6 Å². The lowest BCUT2D eigenvalue weighted by Crippen LogP contribution is -2.22. The summed E-state index contributed by atoms with van der Waals surface area (Å²) < 4.78 is 5.62. The van der Waals surface area contributed by atoms with Crippen LogP contribution in [0.15, 0.2) is 23.0 Å². The molecule has 1 aromatic heterocycles. The Morgan fingerprint density at radius 2 is 2.09 bits per heavy atom. The molecule has 1 saturated carbocycles. The molecular formula is C15H15N3O4. The summed E-state index contributed by atoms with van der Waals surface area (Å²) in [6.45, 7) is 0.477. The van der Waals surface area contributed by atoms with Gasteiger partial charge in [-0.15, -0.1) is 0 Å². The van der Waals surface area contributed by atoms with Gasteiger partial charge in [-0.1, -0.05) is 0 Å². The number of nitro benzene ring substituents is 1. The summed E-state index contributed by atoms with van der Waals surface area (Å²) in [6.07, 6.45) is 3.18. The van der Waals surface area contributed by atoms with Crippen LogP contribution in [0.1, 0.15) is 19.3 Å². The molecule has 0 bridgehead atoms. The van der Waals surface area contributed by atoms with Crippen LogP contribution in [0.4, 0.5) is 11.4 Å². The Kier molecular flexibility index (Phi) is 2.82. The first-order valence-electron chi connectivity index (χ1n) is 7.37. The smallest absolute Gasteiger partial charge is 0.292 e. The number of aromatic amines is 1. The van der Waals surface area contributed by atoms with Crippen LogP contribution in [0.25, 0.3) is 10.9 Å². The minimum Gasteiger partial charge on any atom is -0.486 e. The first kappa shape index (κ1) is 13.1. The summed E-state index contributed by atoms with van der Waals surface area (Å²) in [5.74, 6) is 0.832. The van der Waals surface area contributed by atoms with Crippen molar-refractivity contribution in [3.05, 3.63) is 38.7 Å². The summed E-state index contributed by atoms with van der Waals surface area (Å²) in [5, 5.41) is 15.0. The Labute approximate surface area is 125 Å². The lowest BCUT2D eigenvalue weighted by Gasteiger charge is -2.17. The molecule has 0 spiro atoms. The van der Waals surface area contributed by atoms with Crippen LogP contribution >= 0.6 is 0 Å². The van der Waals surface area contributed by atoms with Crippen LogP contribution in [0.2, 0.25) is 0 Å². The van der Waals surface area contributed by atoms with Crippen LogP contribution in [0.5, 0.6) is 5.75 Å². The molecule has 0 amide bonds. The van der Waals surface area contributed by atoms with E-state index in [1.54, 1.807) is 6.07 Å². The van der Waals surface area contributed by atoms with Crippen LogP contribution in [0, 0.1) is 16.0 Å². The van der Waals surface area contributed by atoms with Gasteiger partial charge >= 0.3 is 0 Å². The molecule has 1 aliphatic carbocycles. The number of benzene rings is 1. The number of rotatable bonds is 2. The number of H-pyrrole nitrogens is 1. The van der Waals surface area contributed by atoms with E-state index < -0.39 is 4.92 Å². The topological polar surface area (TPSA) is 97.3 Å². The van der Waals surface area contributed by atoms with E-state index in [1.807, 2.05) is 0 Å². The Morgan fingerprint density at radius 3 is 2.82 bits per heavy atom. The molecule has 2 aromatic rings. The van der Waals surface area contributed by atoms with Gasteiger partial charge in [0.1, 0.15) is 0 Å². The molecule has 0 radical (unpaired) electrons. The Hall–Kier alpha value is -2.57. The van der Waals surface area contributed by atoms with Crippen molar-refractivity contribution in [1.29, 1.82) is 0 Å². The van der Waals surface area contributed by atoms with Crippen molar-refractivity contribution in [2.24, 2.45) is 5.92 Å². The van der Waals surface area contributed by atoms with Gasteiger partial charge < -0.3 is 15.0 Å². The minimum atomic E-state index is -0.438. The predicted octanol–water partition coefficient (Wildman–Crippen LogP) is 2.41. The maximum absolute atomic E-state index is 12.2. The van der Waals surface area contributed by atoms with E-state index in [1.165, 1.54) is 25.0 Å². The number of pyridine rings is 1. The van der Waals surface area contributed by atoms with Crippen LogP contribution in [-0.2, 0) is 0 Å². The van der Waals surface area contributed by atoms with Gasteiger partial charge in [-0.05, 0) is 24.8 Å². The van der Waals surface area contributed by atoms with Crippen LogP contribution in [-0.4, -0.2) is 22.6 Å². The average molecular weight is 301 g/mol. The molecule has 0 saturated heterocycles. The summed E-state index contributed by atoms with van der Waals surface area (Å²) in [6, 6.07) is 4.69. The fraction of sp³-hybridized carbons (Fsp3) is 0.400. The van der Waals surface area contributed by atoms with E-state index in [2.05, 4.69) is 10.3 Å². The van der Waals surface area contributed by atoms with Crippen molar-refractivity contribution in [3.63, 3.8) is 0 Å². The highest BCUT2D eigenvalue weighted by Crippen LogP contribution is 2.40. The Bertz CT molecular complexity index is 825. The van der Waals surface area contributed by atoms with Crippen molar-refractivity contribution >= 4 is 22.3 Å². The number of nitrogens with zero attached hydrogens (tertiary/aromatic N) is 1. The molecule has 7 heteroatoms. The second-order valence-corrected chi connectivity index (χ2v) is 5.87. The molecule has 2 N–H and O–H groups in total. The number of nitro groups is 1. The second-order valence-electron chi connectivity index (χ2n) is 5.87. The number of aromatic nitrogens is 1. The average Bonchev–Trinajstić information content (AvgIpc) is 3.32. The molecule has 22 heavy (non-hydrogen) atoms. The Balaban J connectivity index is 1.93. The quantitative estimate of drug-likeness (QED) is 0.655. The van der Waals surface area contributed by atoms with Crippen molar-refractivity contribution in [3.8, 4) is 5.75 Å². The SMILES string of the molecule is O=c1[nH]c2ccc([N+](=O)[O-])cc2c2c1OCC[C@H](C1CC1)N2. The highest BCUT2D eigenvalue weighted by molar-refractivity contribution is 5.95. The third-order valence-electron chi connectivity index (χ3n) is 4.36. The third kappa shape index (κ3) is 2.09. The van der Waals surface area contributed by atoms with E-state index >= 15 is 0 Å². The standard InChI is InChI=1S/C15H15N3O4/c19-15-14-13(16-11(5-6-22-14)8-1-2-8)10-7-9(18(20)21)3-4-12(10)17-15/h3-4,7-8,11,16H,1-2,5-6H2,(H,17,19)/t11-/m1/s1. The minimum absolute atomic E-state index is 0.00392. The first-order chi connectivity index (χ1) is 10.6. The highest BCUT2D eigenvalue weighted by atomic mass is 16.6. The molecule has 7 nitrogen and oxygen atoms in total. The van der Waals surface area contributed by atoms with Gasteiger partial charge in [-0.25, -0.2) is 0 Å². The summed E-state index contributed by atoms with van der Waals surface area (Å²) in [7, 11) is 0. The fourth-order valence-corrected chi connectivity index (χ4v) is 3.06. The Morgan fingerprint density at radius 1 is 1.27 bits per heavy atom. The van der Waals surface area contributed by atoms with Crippen molar-refractivity contribution in [2.75, 3.05) is 11.9 Å². The molecule has 0 unspecified atom stereocenters. The zero-order valence-electron chi connectivity index (χ0n) is 11.8. The summed E-state index contributed by atoms with van der Waals surface area (Å²) in [5.41, 5.74) is 0.842. The number of hydrogen-bond donors (Lipinski definition) is 2. The summed E-state index contributed by atoms with van der Waals surface area (Å²) >= 11 is 0. The van der Waals surface area contributed by atoms with Gasteiger partial charge in [0, 0.05) is 30.0 Å². The van der Waals surface area contributed by atoms with E-state index in [9.17, 15) is 14.9 Å². The molecule has 4 rings (SSSR count). The van der Waals surface area contributed by atoms with Crippen LogP contribution in [0.3, 0.4) is 0 Å². The lowest BCUT2D eigenvalue weighted by molar-refractivity contribution is -0.384. The zero-order valence-corrected chi connectivity index (χ0v) is 11.8. The van der Waals surface area contributed by atoms with Gasteiger partial charge in [0.15, 0.2) is 0 Å². The molecule has 1 atom stereocenters. The molecule has 1 aliphatic heterocycles. The largest absolute Gasteiger partial charge is 0.486 e. The molecule has 1 aromatic carbocycles. The van der Waals surface area contributed by atoms with Gasteiger partial charge in [-0.3, -0.25) is 14.9 Å². The van der Waals surface area contributed by atoms with E-state index in [-0.39, 0.29) is 23.0 Å². The predicted molar refractivity (Wildman–Crippen MR) is 81.5 cm³/mol. The number of nitrogens with one attached hydrogen (secondary N) is 2. The first-order valence-corrected chi connectivity index (χ1v) is 7.37. The van der Waals surface area contributed by atoms with Crippen molar-refractivity contribution in [1.82, 2.24) is 4.98 Å². The third-order valence-corrected chi connectivity index (χ3v) is 4.36. The van der Waals surface area contributed by atoms with E-state index in [0.717, 1.165) is 6.42 Å². The van der Waals surface area contributed by atoms with Gasteiger partial charge in [0.25, 0.3) is 11.2 Å².